The van der Waals surface area contributed by atoms with E-state index >= 15 is 8.78 Å². The van der Waals surface area contributed by atoms with Crippen molar-refractivity contribution in [2.75, 3.05) is 19.6 Å². The van der Waals surface area contributed by atoms with Crippen LogP contribution >= 0.6 is 0 Å². The molecule has 4 atom stereocenters. The molecule has 1 aliphatic heterocycles. The zero-order chi connectivity index (χ0) is 36.9. The second-order valence-corrected chi connectivity index (χ2v) is 13.8. The molecule has 270 valence electrons. The van der Waals surface area contributed by atoms with Gasteiger partial charge in [-0.25, -0.2) is 22.9 Å². The van der Waals surface area contributed by atoms with Gasteiger partial charge in [0.25, 0.3) is 5.91 Å². The minimum Gasteiger partial charge on any atom is -0.453 e. The van der Waals surface area contributed by atoms with E-state index in [1.165, 1.54) is 23.6 Å². The molecule has 0 unspecified atom stereocenters. The van der Waals surface area contributed by atoms with Gasteiger partial charge in [-0.15, -0.1) is 0 Å². The van der Waals surface area contributed by atoms with E-state index in [9.17, 15) is 18.8 Å². The summed E-state index contributed by atoms with van der Waals surface area (Å²) < 4.78 is 62.2. The number of carbonyl (C=O) groups excluding carboxylic acids is 3. The van der Waals surface area contributed by atoms with Crippen LogP contribution < -0.4 is 0 Å². The first-order valence-corrected chi connectivity index (χ1v) is 16.8. The van der Waals surface area contributed by atoms with Crippen LogP contribution in [0.2, 0.25) is 0 Å². The van der Waals surface area contributed by atoms with Crippen LogP contribution in [-0.4, -0.2) is 64.7 Å². The molecule has 3 aromatic carbocycles. The van der Waals surface area contributed by atoms with Crippen LogP contribution in [0.1, 0.15) is 63.2 Å². The number of nitrogens with zero attached hydrogens (tertiary/aromatic N) is 3. The van der Waals surface area contributed by atoms with Gasteiger partial charge in [0.2, 0.25) is 5.89 Å². The summed E-state index contributed by atoms with van der Waals surface area (Å²) in [7, 11) is 0. The van der Waals surface area contributed by atoms with Gasteiger partial charge in [-0.05, 0) is 41.7 Å². The van der Waals surface area contributed by atoms with Gasteiger partial charge in [0, 0.05) is 32.4 Å². The average molecular weight is 706 g/mol. The van der Waals surface area contributed by atoms with Crippen molar-refractivity contribution in [3.05, 3.63) is 113 Å². The molecule has 4 aromatic rings. The van der Waals surface area contributed by atoms with E-state index in [4.69, 9.17) is 18.9 Å². The summed E-state index contributed by atoms with van der Waals surface area (Å²) in [4.78, 5) is 46.7. The van der Waals surface area contributed by atoms with Crippen molar-refractivity contribution in [1.29, 1.82) is 0 Å². The van der Waals surface area contributed by atoms with Crippen LogP contribution in [0, 0.1) is 23.0 Å². The quantitative estimate of drug-likeness (QED) is 0.148. The Morgan fingerprint density at radius 3 is 2.25 bits per heavy atom. The van der Waals surface area contributed by atoms with Crippen LogP contribution in [0.5, 0.6) is 0 Å². The van der Waals surface area contributed by atoms with Gasteiger partial charge in [0.15, 0.2) is 6.10 Å². The van der Waals surface area contributed by atoms with Gasteiger partial charge in [0.05, 0.1) is 18.2 Å². The maximum absolute atomic E-state index is 15.8. The van der Waals surface area contributed by atoms with Crippen molar-refractivity contribution < 1.29 is 41.4 Å². The summed E-state index contributed by atoms with van der Waals surface area (Å²) in [6, 6.07) is 20.4. The fraction of sp³-hybridized carbons (Fsp3) is 0.385. The molecule has 1 fully saturated rings. The molecular weight excluding hydrogens is 663 g/mol. The number of aromatic nitrogens is 1. The highest BCUT2D eigenvalue weighted by Crippen LogP contribution is 2.43. The Balaban J connectivity index is 1.54. The first kappa shape index (κ1) is 37.1. The number of oxazole rings is 1. The summed E-state index contributed by atoms with van der Waals surface area (Å²) in [5.74, 6) is -3.53. The molecule has 1 aromatic heterocycles. The van der Waals surface area contributed by atoms with Crippen LogP contribution in [0.25, 0.3) is 11.5 Å². The van der Waals surface area contributed by atoms with E-state index in [-0.39, 0.29) is 55.6 Å². The van der Waals surface area contributed by atoms with E-state index in [0.29, 0.717) is 0 Å². The molecule has 1 aliphatic rings. The van der Waals surface area contributed by atoms with Gasteiger partial charge in [-0.3, -0.25) is 9.59 Å². The Hall–Kier alpha value is -5.13. The summed E-state index contributed by atoms with van der Waals surface area (Å²) in [6.45, 7) is 7.69. The lowest BCUT2D eigenvalue weighted by Gasteiger charge is -2.41. The highest BCUT2D eigenvalue weighted by Gasteiger charge is 2.45. The molecule has 1 saturated heterocycles. The van der Waals surface area contributed by atoms with Crippen molar-refractivity contribution in [2.45, 2.75) is 66.0 Å². The maximum atomic E-state index is 15.8. The molecule has 0 saturated carbocycles. The first-order chi connectivity index (χ1) is 24.2. The van der Waals surface area contributed by atoms with Crippen LogP contribution in [0.15, 0.2) is 83.3 Å². The zero-order valence-electron chi connectivity index (χ0n) is 29.3. The van der Waals surface area contributed by atoms with Gasteiger partial charge in [-0.2, -0.15) is 0 Å². The second-order valence-electron chi connectivity index (χ2n) is 13.8. The van der Waals surface area contributed by atoms with Gasteiger partial charge in [0.1, 0.15) is 35.9 Å². The number of ether oxygens (including phenoxy) is 2. The number of rotatable bonds is 11. The fourth-order valence-electron chi connectivity index (χ4n) is 6.36. The number of benzene rings is 3. The number of alkyl halides is 1. The van der Waals surface area contributed by atoms with E-state index < -0.39 is 59.3 Å². The first-order valence-electron chi connectivity index (χ1n) is 16.8. The molecule has 0 bridgehead atoms. The molecule has 0 spiro atoms. The monoisotopic (exact) mass is 705 g/mol. The Kier molecular flexibility index (Phi) is 11.5. The summed E-state index contributed by atoms with van der Waals surface area (Å²) in [6.07, 6.45) is -3.29. The number of halogens is 3. The van der Waals surface area contributed by atoms with Crippen LogP contribution in [0.3, 0.4) is 0 Å². The average Bonchev–Trinajstić information content (AvgIpc) is 3.66. The predicted molar refractivity (Wildman–Crippen MR) is 183 cm³/mol. The SMILES string of the molecule is CC(=O)O[C@@H](C)C(=O)N(C[C@@H]1CN(C(=O)OCc2ccccc2)C[C@@H]1F)[C@H](c1nc(-c2cc(F)ccc2F)oc1Cc1ccccc1)C(C)(C)C. The van der Waals surface area contributed by atoms with Crippen LogP contribution in [-0.2, 0) is 32.1 Å². The maximum Gasteiger partial charge on any atom is 0.410 e. The number of carbonyl (C=O) groups is 3. The van der Waals surface area contributed by atoms with Crippen molar-refractivity contribution in [3.8, 4) is 11.5 Å². The Morgan fingerprint density at radius 1 is 0.980 bits per heavy atom. The van der Waals surface area contributed by atoms with Crippen molar-refractivity contribution >= 4 is 18.0 Å². The predicted octanol–water partition coefficient (Wildman–Crippen LogP) is 7.68. The Bertz CT molecular complexity index is 1830. The summed E-state index contributed by atoms with van der Waals surface area (Å²) in [5, 5.41) is 0. The Morgan fingerprint density at radius 2 is 1.63 bits per heavy atom. The number of hydrogen-bond acceptors (Lipinski definition) is 7. The zero-order valence-corrected chi connectivity index (χ0v) is 29.3. The highest BCUT2D eigenvalue weighted by molar-refractivity contribution is 5.83. The van der Waals surface area contributed by atoms with Crippen molar-refractivity contribution in [1.82, 2.24) is 14.8 Å². The molecule has 0 radical (unpaired) electrons. The van der Waals surface area contributed by atoms with Crippen molar-refractivity contribution in [2.24, 2.45) is 11.3 Å². The molecule has 12 heteroatoms. The number of hydrogen-bond donors (Lipinski definition) is 0. The molecule has 0 aliphatic carbocycles. The van der Waals surface area contributed by atoms with E-state index in [1.807, 2.05) is 81.4 Å². The van der Waals surface area contributed by atoms with Gasteiger partial charge < -0.3 is 23.7 Å². The molecule has 0 N–H and O–H groups in total. The smallest absolute Gasteiger partial charge is 0.410 e. The van der Waals surface area contributed by atoms with Gasteiger partial charge in [-0.1, -0.05) is 81.4 Å². The lowest BCUT2D eigenvalue weighted by atomic mass is 9.81. The third-order valence-electron chi connectivity index (χ3n) is 8.71. The third-order valence-corrected chi connectivity index (χ3v) is 8.71. The normalized spacial score (nSPS) is 17.1. The van der Waals surface area contributed by atoms with E-state index in [0.717, 1.165) is 29.3 Å². The van der Waals surface area contributed by atoms with E-state index in [1.54, 1.807) is 0 Å². The molecule has 2 heterocycles. The lowest BCUT2D eigenvalue weighted by molar-refractivity contribution is -0.160. The largest absolute Gasteiger partial charge is 0.453 e. The van der Waals surface area contributed by atoms with Gasteiger partial charge >= 0.3 is 12.1 Å². The topological polar surface area (TPSA) is 102 Å². The third kappa shape index (κ3) is 9.16. The summed E-state index contributed by atoms with van der Waals surface area (Å²) >= 11 is 0. The molecule has 5 rings (SSSR count). The van der Waals surface area contributed by atoms with Crippen molar-refractivity contribution in [3.63, 3.8) is 0 Å². The Labute approximate surface area is 295 Å². The molecule has 2 amide bonds. The molecule has 51 heavy (non-hydrogen) atoms. The fourth-order valence-corrected chi connectivity index (χ4v) is 6.36. The number of amides is 2. The second kappa shape index (κ2) is 15.8. The standard InChI is InChI=1S/C39H42F3N3O6/c1-24(50-25(2)46)37(47)45(21-28-20-44(22-32(28)42)38(48)49-23-27-14-10-7-11-15-27)35(39(3,4)5)34-33(18-26-12-8-6-9-13-26)51-36(43-34)30-19-29(40)16-17-31(30)41/h6-17,19,24,28,32,35H,18,20-23H2,1-5H3/t24-,28-,32-,35+/m0/s1. The number of esters is 1. The molecular formula is C39H42F3N3O6. The van der Waals surface area contributed by atoms with Crippen LogP contribution in [0.4, 0.5) is 18.0 Å². The highest BCUT2D eigenvalue weighted by atomic mass is 19.1. The minimum absolute atomic E-state index is 0.0129. The molecule has 9 nitrogen and oxygen atoms in total. The minimum atomic E-state index is -1.52. The number of likely N-dealkylation sites (tertiary alicyclic amines) is 1. The van der Waals surface area contributed by atoms with E-state index in [2.05, 4.69) is 0 Å². The lowest BCUT2D eigenvalue weighted by Crippen LogP contribution is -2.49. The summed E-state index contributed by atoms with van der Waals surface area (Å²) in [5.41, 5.74) is 0.826.